The molecule has 0 atom stereocenters. The van der Waals surface area contributed by atoms with E-state index in [0.29, 0.717) is 0 Å². The van der Waals surface area contributed by atoms with Crippen molar-refractivity contribution in [1.29, 1.82) is 0 Å². The third kappa shape index (κ3) is 2.38. The largest absolute Gasteiger partial charge is 0.456 e. The number of hydrogen-bond donors (Lipinski definition) is 0. The van der Waals surface area contributed by atoms with Gasteiger partial charge in [-0.25, -0.2) is 0 Å². The number of fused-ring (bicyclic) bond motifs is 5. The zero-order chi connectivity index (χ0) is 17.9. The Bertz CT molecular complexity index is 1060. The molecular weight excluding hydrogens is 316 g/mol. The summed E-state index contributed by atoms with van der Waals surface area (Å²) in [5.41, 5.74) is 7.04. The Balaban J connectivity index is 1.63. The monoisotopic (exact) mass is 340 g/mol. The first-order valence-corrected chi connectivity index (χ1v) is 9.55. The summed E-state index contributed by atoms with van der Waals surface area (Å²) in [6, 6.07) is 20.0. The number of hydrogen-bond acceptors (Lipinski definition) is 1. The van der Waals surface area contributed by atoms with Crippen molar-refractivity contribution < 1.29 is 4.74 Å². The summed E-state index contributed by atoms with van der Waals surface area (Å²) in [5, 5.41) is 2.65. The van der Waals surface area contributed by atoms with Gasteiger partial charge in [-0.1, -0.05) is 69.3 Å². The molecule has 0 saturated carbocycles. The molecule has 0 spiro atoms. The van der Waals surface area contributed by atoms with Crippen LogP contribution in [-0.4, -0.2) is 0 Å². The molecule has 1 nitrogen and oxygen atoms in total. The summed E-state index contributed by atoms with van der Waals surface area (Å²) >= 11 is 0. The molecule has 2 aliphatic rings. The summed E-state index contributed by atoms with van der Waals surface area (Å²) in [7, 11) is 0. The number of allylic oxidation sites excluding steroid dienone is 1. The van der Waals surface area contributed by atoms with Gasteiger partial charge in [-0.3, -0.25) is 0 Å². The van der Waals surface area contributed by atoms with Gasteiger partial charge in [-0.05, 0) is 51.8 Å². The second-order valence-corrected chi connectivity index (χ2v) is 8.60. The van der Waals surface area contributed by atoms with Gasteiger partial charge in [0, 0.05) is 17.5 Å². The number of benzene rings is 3. The normalized spacial score (nSPS) is 16.0. The topological polar surface area (TPSA) is 9.23 Å². The van der Waals surface area contributed by atoms with Gasteiger partial charge in [-0.2, -0.15) is 0 Å². The van der Waals surface area contributed by atoms with Crippen LogP contribution in [0.15, 0.2) is 60.2 Å². The molecule has 130 valence electrons. The second-order valence-electron chi connectivity index (χ2n) is 8.60. The van der Waals surface area contributed by atoms with Crippen molar-refractivity contribution in [2.45, 2.75) is 45.4 Å². The quantitative estimate of drug-likeness (QED) is 0.458. The van der Waals surface area contributed by atoms with Crippen LogP contribution in [0, 0.1) is 0 Å². The fraction of sp³-hybridized carbons (Fsp3) is 0.280. The molecule has 3 aromatic rings. The molecule has 0 N–H and O–H groups in total. The highest BCUT2D eigenvalue weighted by Gasteiger charge is 2.27. The van der Waals surface area contributed by atoms with Gasteiger partial charge in [0.25, 0.3) is 0 Å². The van der Waals surface area contributed by atoms with E-state index in [1.807, 2.05) is 0 Å². The predicted octanol–water partition coefficient (Wildman–Crippen LogP) is 6.43. The number of rotatable bonds is 0. The Labute approximate surface area is 155 Å². The fourth-order valence-electron chi connectivity index (χ4n) is 4.29. The zero-order valence-electron chi connectivity index (χ0n) is 15.7. The van der Waals surface area contributed by atoms with Crippen molar-refractivity contribution in [2.75, 3.05) is 0 Å². The first-order chi connectivity index (χ1) is 12.5. The van der Waals surface area contributed by atoms with Crippen molar-refractivity contribution in [3.63, 3.8) is 0 Å². The molecule has 3 aromatic carbocycles. The van der Waals surface area contributed by atoms with E-state index in [2.05, 4.69) is 75.4 Å². The van der Waals surface area contributed by atoms with Gasteiger partial charge in [-0.15, -0.1) is 0 Å². The van der Waals surface area contributed by atoms with Crippen LogP contribution in [0.25, 0.3) is 16.5 Å². The molecule has 1 heteroatoms. The van der Waals surface area contributed by atoms with E-state index in [-0.39, 0.29) is 5.41 Å². The number of ether oxygens (including phenoxy) is 1. The van der Waals surface area contributed by atoms with E-state index in [9.17, 15) is 0 Å². The van der Waals surface area contributed by atoms with Crippen LogP contribution in [-0.2, 0) is 18.3 Å². The predicted molar refractivity (Wildman–Crippen MR) is 109 cm³/mol. The standard InChI is InChI=1S/C25H24O/c1-25(2,3)19-11-12-20-17(14-19)10-13-23-22(20)15-18-9-8-16-6-4-5-7-21(16)24(18)26-23/h4-7,10-14H,8-9,15H2,1-3H3. The average Bonchev–Trinajstić information content (AvgIpc) is 2.65. The maximum atomic E-state index is 6.45. The third-order valence-electron chi connectivity index (χ3n) is 5.84. The Morgan fingerprint density at radius 2 is 1.73 bits per heavy atom. The molecule has 5 rings (SSSR count). The minimum atomic E-state index is 0.170. The molecule has 26 heavy (non-hydrogen) atoms. The van der Waals surface area contributed by atoms with Crippen LogP contribution < -0.4 is 4.74 Å². The molecule has 0 amide bonds. The smallest absolute Gasteiger partial charge is 0.134 e. The van der Waals surface area contributed by atoms with Crippen LogP contribution in [0.1, 0.15) is 49.4 Å². The van der Waals surface area contributed by atoms with E-state index in [0.717, 1.165) is 30.8 Å². The van der Waals surface area contributed by atoms with Gasteiger partial charge in [0.15, 0.2) is 0 Å². The second kappa shape index (κ2) is 5.48. The zero-order valence-corrected chi connectivity index (χ0v) is 15.7. The van der Waals surface area contributed by atoms with Gasteiger partial charge < -0.3 is 4.74 Å². The summed E-state index contributed by atoms with van der Waals surface area (Å²) < 4.78 is 6.45. The Morgan fingerprint density at radius 3 is 2.58 bits per heavy atom. The lowest BCUT2D eigenvalue weighted by Crippen LogP contribution is -2.16. The molecule has 1 aliphatic heterocycles. The number of aryl methyl sites for hydroxylation is 1. The van der Waals surface area contributed by atoms with Gasteiger partial charge >= 0.3 is 0 Å². The maximum absolute atomic E-state index is 6.45. The molecule has 1 heterocycles. The molecule has 0 fully saturated rings. The molecule has 0 unspecified atom stereocenters. The van der Waals surface area contributed by atoms with Crippen molar-refractivity contribution in [2.24, 2.45) is 0 Å². The highest BCUT2D eigenvalue weighted by Crippen LogP contribution is 2.43. The van der Waals surface area contributed by atoms with Crippen LogP contribution >= 0.6 is 0 Å². The molecule has 0 radical (unpaired) electrons. The van der Waals surface area contributed by atoms with Crippen molar-refractivity contribution >= 4 is 16.5 Å². The third-order valence-corrected chi connectivity index (χ3v) is 5.84. The minimum absolute atomic E-state index is 0.170. The van der Waals surface area contributed by atoms with E-state index < -0.39 is 0 Å². The molecular formula is C25H24O. The Hall–Kier alpha value is -2.54. The summed E-state index contributed by atoms with van der Waals surface area (Å²) in [6.07, 6.45) is 3.22. The van der Waals surface area contributed by atoms with Gasteiger partial charge in [0.05, 0.1) is 0 Å². The van der Waals surface area contributed by atoms with Gasteiger partial charge in [0.1, 0.15) is 11.5 Å². The summed E-state index contributed by atoms with van der Waals surface area (Å²) in [4.78, 5) is 0. The fourth-order valence-corrected chi connectivity index (χ4v) is 4.29. The Morgan fingerprint density at radius 1 is 0.885 bits per heavy atom. The minimum Gasteiger partial charge on any atom is -0.456 e. The highest BCUT2D eigenvalue weighted by molar-refractivity contribution is 5.90. The van der Waals surface area contributed by atoms with E-state index in [4.69, 9.17) is 4.74 Å². The first kappa shape index (κ1) is 15.7. The first-order valence-electron chi connectivity index (χ1n) is 9.55. The van der Waals surface area contributed by atoms with Crippen LogP contribution in [0.3, 0.4) is 0 Å². The highest BCUT2D eigenvalue weighted by atomic mass is 16.5. The molecule has 0 aromatic heterocycles. The molecule has 0 saturated heterocycles. The SMILES string of the molecule is CC(C)(C)c1ccc2c3c(ccc2c1)OC1=C(CCc2ccccc21)C3. The van der Waals surface area contributed by atoms with E-state index in [1.54, 1.807) is 0 Å². The Kier molecular flexibility index (Phi) is 3.31. The van der Waals surface area contributed by atoms with Crippen molar-refractivity contribution in [1.82, 2.24) is 0 Å². The maximum Gasteiger partial charge on any atom is 0.134 e. The lowest BCUT2D eigenvalue weighted by Gasteiger charge is -2.29. The van der Waals surface area contributed by atoms with Gasteiger partial charge in [0.2, 0.25) is 0 Å². The van der Waals surface area contributed by atoms with E-state index >= 15 is 0 Å². The van der Waals surface area contributed by atoms with Crippen molar-refractivity contribution in [3.05, 3.63) is 82.4 Å². The summed E-state index contributed by atoms with van der Waals surface area (Å²) in [5.74, 6) is 2.13. The molecule has 0 bridgehead atoms. The van der Waals surface area contributed by atoms with Crippen molar-refractivity contribution in [3.8, 4) is 5.75 Å². The lowest BCUT2D eigenvalue weighted by molar-refractivity contribution is 0.483. The van der Waals surface area contributed by atoms with Crippen LogP contribution in [0.4, 0.5) is 0 Å². The lowest BCUT2D eigenvalue weighted by atomic mass is 9.83. The molecule has 1 aliphatic carbocycles. The summed E-state index contributed by atoms with van der Waals surface area (Å²) in [6.45, 7) is 6.81. The van der Waals surface area contributed by atoms with Crippen LogP contribution in [0.2, 0.25) is 0 Å². The van der Waals surface area contributed by atoms with Crippen LogP contribution in [0.5, 0.6) is 5.75 Å². The average molecular weight is 340 g/mol. The van der Waals surface area contributed by atoms with E-state index in [1.165, 1.54) is 38.6 Å².